The summed E-state index contributed by atoms with van der Waals surface area (Å²) in [6, 6.07) is 12.6. The lowest BCUT2D eigenvalue weighted by atomic mass is 10.0. The number of halogens is 1. The number of benzene rings is 2. The van der Waals surface area contributed by atoms with E-state index in [1.807, 2.05) is 36.1 Å². The van der Waals surface area contributed by atoms with Crippen molar-refractivity contribution in [3.8, 4) is 5.75 Å². The van der Waals surface area contributed by atoms with Crippen LogP contribution in [0.3, 0.4) is 0 Å². The van der Waals surface area contributed by atoms with Crippen molar-refractivity contribution in [1.29, 1.82) is 0 Å². The summed E-state index contributed by atoms with van der Waals surface area (Å²) in [4.78, 5) is 27.1. The summed E-state index contributed by atoms with van der Waals surface area (Å²) < 4.78 is 5.25. The second-order valence-electron chi connectivity index (χ2n) is 6.70. The Kier molecular flexibility index (Phi) is 6.01. The van der Waals surface area contributed by atoms with Crippen LogP contribution < -0.4 is 10.1 Å². The lowest BCUT2D eigenvalue weighted by Gasteiger charge is -2.32. The zero-order valence-corrected chi connectivity index (χ0v) is 16.3. The molecule has 2 amide bonds. The first kappa shape index (κ1) is 19.2. The van der Waals surface area contributed by atoms with Gasteiger partial charge in [0.1, 0.15) is 5.75 Å². The van der Waals surface area contributed by atoms with Crippen LogP contribution in [0.1, 0.15) is 39.1 Å². The number of ether oxygens (including phenoxy) is 1. The van der Waals surface area contributed by atoms with Crippen LogP contribution in [0.15, 0.2) is 42.5 Å². The number of carbonyl (C=O) groups is 2. The first-order valence-electron chi connectivity index (χ1n) is 8.99. The number of nitrogens with zero attached hydrogens (tertiary/aromatic N) is 1. The van der Waals surface area contributed by atoms with E-state index in [1.165, 1.54) is 7.11 Å². The molecule has 1 fully saturated rings. The molecule has 1 aliphatic rings. The van der Waals surface area contributed by atoms with Gasteiger partial charge in [0, 0.05) is 29.7 Å². The van der Waals surface area contributed by atoms with E-state index in [-0.39, 0.29) is 17.9 Å². The lowest BCUT2D eigenvalue weighted by molar-refractivity contribution is 0.0697. The van der Waals surface area contributed by atoms with E-state index in [0.717, 1.165) is 11.1 Å². The minimum atomic E-state index is -0.210. The maximum atomic E-state index is 12.7. The van der Waals surface area contributed by atoms with Crippen LogP contribution in [0.25, 0.3) is 0 Å². The molecular formula is C21H23ClN2O3. The van der Waals surface area contributed by atoms with Gasteiger partial charge in [-0.15, -0.1) is 0 Å². The van der Waals surface area contributed by atoms with Crippen LogP contribution in [0, 0.1) is 6.92 Å². The van der Waals surface area contributed by atoms with Gasteiger partial charge >= 0.3 is 0 Å². The van der Waals surface area contributed by atoms with Gasteiger partial charge in [-0.2, -0.15) is 0 Å². The van der Waals surface area contributed by atoms with Gasteiger partial charge in [0.2, 0.25) is 0 Å². The summed E-state index contributed by atoms with van der Waals surface area (Å²) in [5.41, 5.74) is 2.14. The molecule has 0 bridgehead atoms. The maximum absolute atomic E-state index is 12.7. The van der Waals surface area contributed by atoms with E-state index in [2.05, 4.69) is 5.32 Å². The topological polar surface area (TPSA) is 58.6 Å². The fourth-order valence-corrected chi connectivity index (χ4v) is 3.50. The Morgan fingerprint density at radius 3 is 2.48 bits per heavy atom. The molecule has 0 aliphatic carbocycles. The molecule has 2 aromatic rings. The third kappa shape index (κ3) is 4.42. The van der Waals surface area contributed by atoms with Crippen LogP contribution in [0.2, 0.25) is 5.02 Å². The second kappa shape index (κ2) is 8.44. The first-order chi connectivity index (χ1) is 13.0. The van der Waals surface area contributed by atoms with Crippen molar-refractivity contribution < 1.29 is 14.3 Å². The molecular weight excluding hydrogens is 364 g/mol. The Morgan fingerprint density at radius 2 is 1.81 bits per heavy atom. The molecule has 0 unspecified atom stereocenters. The molecule has 3 rings (SSSR count). The molecule has 27 heavy (non-hydrogen) atoms. The molecule has 0 aromatic heterocycles. The Hall–Kier alpha value is -2.53. The van der Waals surface area contributed by atoms with Crippen molar-refractivity contribution in [2.45, 2.75) is 25.8 Å². The number of nitrogens with one attached hydrogen (secondary N) is 1. The molecule has 142 valence electrons. The van der Waals surface area contributed by atoms with Gasteiger partial charge < -0.3 is 15.0 Å². The number of hydrogen-bond acceptors (Lipinski definition) is 3. The number of hydrogen-bond donors (Lipinski definition) is 1. The number of rotatable bonds is 4. The standard InChI is InChI=1S/C21H23ClN2O3/c1-14-5-3-4-6-17(14)21(26)24-11-9-16(10-12-24)23-20(25)18-13-15(22)7-8-19(18)27-2/h3-8,13,16H,9-12H2,1-2H3,(H,23,25). The Morgan fingerprint density at radius 1 is 1.11 bits per heavy atom. The van der Waals surface area contributed by atoms with E-state index in [4.69, 9.17) is 16.3 Å². The predicted octanol–water partition coefficient (Wildman–Crippen LogP) is 3.69. The first-order valence-corrected chi connectivity index (χ1v) is 9.36. The van der Waals surface area contributed by atoms with Crippen molar-refractivity contribution >= 4 is 23.4 Å². The minimum absolute atomic E-state index is 0.0158. The van der Waals surface area contributed by atoms with Gasteiger partial charge in [0.15, 0.2) is 0 Å². The van der Waals surface area contributed by atoms with Gasteiger partial charge in [0.05, 0.1) is 12.7 Å². The molecule has 2 aromatic carbocycles. The molecule has 1 heterocycles. The van der Waals surface area contributed by atoms with E-state index in [1.54, 1.807) is 18.2 Å². The van der Waals surface area contributed by atoms with Crippen molar-refractivity contribution in [3.05, 3.63) is 64.2 Å². The van der Waals surface area contributed by atoms with Crippen molar-refractivity contribution in [2.24, 2.45) is 0 Å². The summed E-state index contributed by atoms with van der Waals surface area (Å²) in [5, 5.41) is 3.52. The number of methoxy groups -OCH3 is 1. The summed E-state index contributed by atoms with van der Waals surface area (Å²) >= 11 is 6.01. The average Bonchev–Trinajstić information content (AvgIpc) is 2.68. The maximum Gasteiger partial charge on any atom is 0.255 e. The van der Waals surface area contributed by atoms with E-state index in [0.29, 0.717) is 42.3 Å². The van der Waals surface area contributed by atoms with Gasteiger partial charge in [-0.25, -0.2) is 0 Å². The molecule has 0 spiro atoms. The highest BCUT2D eigenvalue weighted by molar-refractivity contribution is 6.31. The summed E-state index contributed by atoms with van der Waals surface area (Å²) in [6.07, 6.45) is 1.43. The van der Waals surface area contributed by atoms with E-state index < -0.39 is 0 Å². The van der Waals surface area contributed by atoms with Crippen LogP contribution >= 0.6 is 11.6 Å². The van der Waals surface area contributed by atoms with Crippen molar-refractivity contribution in [3.63, 3.8) is 0 Å². The third-order valence-corrected chi connectivity index (χ3v) is 5.13. The highest BCUT2D eigenvalue weighted by atomic mass is 35.5. The van der Waals surface area contributed by atoms with Crippen LogP contribution in [-0.4, -0.2) is 43.0 Å². The third-order valence-electron chi connectivity index (χ3n) is 4.90. The van der Waals surface area contributed by atoms with Gasteiger partial charge in [0.25, 0.3) is 11.8 Å². The van der Waals surface area contributed by atoms with Crippen molar-refractivity contribution in [1.82, 2.24) is 10.2 Å². The zero-order valence-electron chi connectivity index (χ0n) is 15.5. The van der Waals surface area contributed by atoms with Crippen LogP contribution in [-0.2, 0) is 0 Å². The van der Waals surface area contributed by atoms with Gasteiger partial charge in [-0.3, -0.25) is 9.59 Å². The molecule has 1 N–H and O–H groups in total. The average molecular weight is 387 g/mol. The highest BCUT2D eigenvalue weighted by Crippen LogP contribution is 2.23. The summed E-state index contributed by atoms with van der Waals surface area (Å²) in [7, 11) is 1.52. The quantitative estimate of drug-likeness (QED) is 0.871. The number of aryl methyl sites for hydroxylation is 1. The second-order valence-corrected chi connectivity index (χ2v) is 7.14. The molecule has 0 atom stereocenters. The smallest absolute Gasteiger partial charge is 0.255 e. The van der Waals surface area contributed by atoms with E-state index >= 15 is 0 Å². The van der Waals surface area contributed by atoms with E-state index in [9.17, 15) is 9.59 Å². The minimum Gasteiger partial charge on any atom is -0.496 e. The fourth-order valence-electron chi connectivity index (χ4n) is 3.33. The van der Waals surface area contributed by atoms with Gasteiger partial charge in [-0.05, 0) is 49.6 Å². The summed E-state index contributed by atoms with van der Waals surface area (Å²) in [5.74, 6) is 0.330. The van der Waals surface area contributed by atoms with Gasteiger partial charge in [-0.1, -0.05) is 29.8 Å². The Labute approximate surface area is 164 Å². The highest BCUT2D eigenvalue weighted by Gasteiger charge is 2.26. The Bertz CT molecular complexity index is 845. The van der Waals surface area contributed by atoms with Crippen molar-refractivity contribution in [2.75, 3.05) is 20.2 Å². The molecule has 1 saturated heterocycles. The Balaban J connectivity index is 1.60. The SMILES string of the molecule is COc1ccc(Cl)cc1C(=O)NC1CCN(C(=O)c2ccccc2C)CC1. The summed E-state index contributed by atoms with van der Waals surface area (Å²) in [6.45, 7) is 3.17. The molecule has 6 heteroatoms. The van der Waals surface area contributed by atoms with Crippen LogP contribution in [0.4, 0.5) is 0 Å². The number of amides is 2. The molecule has 0 saturated carbocycles. The normalized spacial score (nSPS) is 14.7. The molecule has 1 aliphatic heterocycles. The lowest BCUT2D eigenvalue weighted by Crippen LogP contribution is -2.46. The predicted molar refractivity (Wildman–Crippen MR) is 106 cm³/mol. The molecule has 0 radical (unpaired) electrons. The molecule has 5 nitrogen and oxygen atoms in total. The van der Waals surface area contributed by atoms with Crippen LogP contribution in [0.5, 0.6) is 5.75 Å². The number of piperidine rings is 1. The largest absolute Gasteiger partial charge is 0.496 e. The number of carbonyl (C=O) groups excluding carboxylic acids is 2. The monoisotopic (exact) mass is 386 g/mol. The zero-order chi connectivity index (χ0) is 19.4. The number of likely N-dealkylation sites (tertiary alicyclic amines) is 1. The fraction of sp³-hybridized carbons (Fsp3) is 0.333.